The number of hydrogen-bond acceptors (Lipinski definition) is 7. The summed E-state index contributed by atoms with van der Waals surface area (Å²) in [6, 6.07) is 14.5. The molecule has 3 rings (SSSR count). The van der Waals surface area contributed by atoms with Gasteiger partial charge in [-0.15, -0.1) is 5.10 Å². The standard InChI is InChI=1S/C18H17N3O5S/c1-25-14-9-7-13(8-10-14)17(22)19-18-21-20-16(26-18)11-12-27(23,24)15-5-3-2-4-6-15/h2-10H,11-12H2,1H3,(H,19,21,22). The number of anilines is 1. The van der Waals surface area contributed by atoms with Gasteiger partial charge in [0, 0.05) is 12.0 Å². The van der Waals surface area contributed by atoms with Crippen LogP contribution in [0.3, 0.4) is 0 Å². The lowest BCUT2D eigenvalue weighted by molar-refractivity contribution is 0.102. The first-order chi connectivity index (χ1) is 13.0. The van der Waals surface area contributed by atoms with Crippen molar-refractivity contribution in [2.75, 3.05) is 18.2 Å². The lowest BCUT2D eigenvalue weighted by atomic mass is 10.2. The van der Waals surface area contributed by atoms with Gasteiger partial charge in [-0.1, -0.05) is 23.3 Å². The second kappa shape index (κ2) is 8.00. The average molecular weight is 387 g/mol. The van der Waals surface area contributed by atoms with Crippen LogP contribution in [-0.4, -0.2) is 37.4 Å². The molecule has 140 valence electrons. The highest BCUT2D eigenvalue weighted by Gasteiger charge is 2.17. The van der Waals surface area contributed by atoms with E-state index in [2.05, 4.69) is 15.5 Å². The Labute approximate surface area is 156 Å². The van der Waals surface area contributed by atoms with Crippen molar-refractivity contribution >= 4 is 21.8 Å². The van der Waals surface area contributed by atoms with Gasteiger partial charge in [-0.05, 0) is 36.4 Å². The lowest BCUT2D eigenvalue weighted by Gasteiger charge is -2.03. The maximum absolute atomic E-state index is 12.3. The molecule has 9 heteroatoms. The molecule has 0 saturated carbocycles. The summed E-state index contributed by atoms with van der Waals surface area (Å²) in [5.41, 5.74) is 0.391. The van der Waals surface area contributed by atoms with E-state index >= 15 is 0 Å². The van der Waals surface area contributed by atoms with E-state index in [0.29, 0.717) is 11.3 Å². The van der Waals surface area contributed by atoms with E-state index in [0.717, 1.165) is 0 Å². The first-order valence-corrected chi connectivity index (χ1v) is 9.69. The minimum Gasteiger partial charge on any atom is -0.497 e. The number of hydrogen-bond donors (Lipinski definition) is 1. The van der Waals surface area contributed by atoms with E-state index in [1.165, 1.54) is 19.2 Å². The third-order valence-electron chi connectivity index (χ3n) is 3.73. The topological polar surface area (TPSA) is 111 Å². The van der Waals surface area contributed by atoms with Crippen molar-refractivity contribution in [3.8, 4) is 5.75 Å². The minimum absolute atomic E-state index is 0.0443. The molecule has 1 heterocycles. The monoisotopic (exact) mass is 387 g/mol. The third kappa shape index (κ3) is 4.70. The van der Waals surface area contributed by atoms with Gasteiger partial charge in [0.05, 0.1) is 17.8 Å². The van der Waals surface area contributed by atoms with Crippen LogP contribution in [0, 0.1) is 0 Å². The van der Waals surface area contributed by atoms with Gasteiger partial charge in [0.25, 0.3) is 5.91 Å². The van der Waals surface area contributed by atoms with E-state index < -0.39 is 15.7 Å². The SMILES string of the molecule is COc1ccc(C(=O)Nc2nnc(CCS(=O)(=O)c3ccccc3)o2)cc1. The fourth-order valence-electron chi connectivity index (χ4n) is 2.28. The Morgan fingerprint density at radius 3 is 2.44 bits per heavy atom. The second-order valence-electron chi connectivity index (χ2n) is 5.57. The smallest absolute Gasteiger partial charge is 0.322 e. The Bertz CT molecular complexity index is 1010. The molecule has 0 aliphatic heterocycles. The number of nitrogens with one attached hydrogen (secondary N) is 1. The predicted octanol–water partition coefficient (Wildman–Crippen LogP) is 2.35. The van der Waals surface area contributed by atoms with Crippen LogP contribution in [0.5, 0.6) is 5.75 Å². The summed E-state index contributed by atoms with van der Waals surface area (Å²) >= 11 is 0. The summed E-state index contributed by atoms with van der Waals surface area (Å²) in [7, 11) is -1.91. The first kappa shape index (κ1) is 18.6. The lowest BCUT2D eigenvalue weighted by Crippen LogP contribution is -2.12. The third-order valence-corrected chi connectivity index (χ3v) is 5.46. The summed E-state index contributed by atoms with van der Waals surface area (Å²) in [6.45, 7) is 0. The molecule has 0 bridgehead atoms. The Morgan fingerprint density at radius 1 is 1.07 bits per heavy atom. The highest BCUT2D eigenvalue weighted by molar-refractivity contribution is 7.91. The summed E-state index contributed by atoms with van der Waals surface area (Å²) in [6.07, 6.45) is 0.0443. The zero-order valence-corrected chi connectivity index (χ0v) is 15.3. The molecule has 0 aliphatic rings. The molecule has 2 aromatic carbocycles. The van der Waals surface area contributed by atoms with Crippen LogP contribution >= 0.6 is 0 Å². The van der Waals surface area contributed by atoms with Gasteiger partial charge >= 0.3 is 6.01 Å². The maximum atomic E-state index is 12.3. The minimum atomic E-state index is -3.45. The van der Waals surface area contributed by atoms with E-state index in [-0.39, 0.29) is 29.0 Å². The molecule has 27 heavy (non-hydrogen) atoms. The second-order valence-corrected chi connectivity index (χ2v) is 7.67. The van der Waals surface area contributed by atoms with E-state index in [4.69, 9.17) is 9.15 Å². The average Bonchev–Trinajstić information content (AvgIpc) is 3.14. The van der Waals surface area contributed by atoms with Gasteiger partial charge in [0.2, 0.25) is 5.89 Å². The molecule has 3 aromatic rings. The largest absolute Gasteiger partial charge is 0.497 e. The molecule has 1 aromatic heterocycles. The number of rotatable bonds is 7. The quantitative estimate of drug-likeness (QED) is 0.662. The number of nitrogens with zero attached hydrogens (tertiary/aromatic N) is 2. The molecule has 0 aliphatic carbocycles. The van der Waals surface area contributed by atoms with Crippen molar-refractivity contribution in [1.29, 1.82) is 0 Å². The van der Waals surface area contributed by atoms with Gasteiger partial charge < -0.3 is 9.15 Å². The Balaban J connectivity index is 1.60. The number of benzene rings is 2. The van der Waals surface area contributed by atoms with Gasteiger partial charge in [-0.2, -0.15) is 0 Å². The Hall–Kier alpha value is -3.20. The Morgan fingerprint density at radius 2 is 1.78 bits per heavy atom. The highest BCUT2D eigenvalue weighted by Crippen LogP contribution is 2.15. The maximum Gasteiger partial charge on any atom is 0.322 e. The highest BCUT2D eigenvalue weighted by atomic mass is 32.2. The van der Waals surface area contributed by atoms with Crippen LogP contribution in [0.25, 0.3) is 0 Å². The fourth-order valence-corrected chi connectivity index (χ4v) is 3.54. The van der Waals surface area contributed by atoms with Crippen molar-refractivity contribution in [1.82, 2.24) is 10.2 Å². The van der Waals surface area contributed by atoms with Crippen molar-refractivity contribution in [3.05, 3.63) is 66.1 Å². The number of ether oxygens (including phenoxy) is 1. The van der Waals surface area contributed by atoms with Crippen LogP contribution in [-0.2, 0) is 16.3 Å². The Kier molecular flexibility index (Phi) is 5.51. The molecule has 8 nitrogen and oxygen atoms in total. The fraction of sp³-hybridized carbons (Fsp3) is 0.167. The van der Waals surface area contributed by atoms with Crippen molar-refractivity contribution in [2.45, 2.75) is 11.3 Å². The molecule has 0 atom stereocenters. The molecule has 1 amide bonds. The van der Waals surface area contributed by atoms with Crippen LogP contribution in [0.1, 0.15) is 16.2 Å². The number of aryl methyl sites for hydroxylation is 1. The van der Waals surface area contributed by atoms with Gasteiger partial charge in [0.1, 0.15) is 5.75 Å². The number of aromatic nitrogens is 2. The van der Waals surface area contributed by atoms with E-state index in [1.54, 1.807) is 42.5 Å². The van der Waals surface area contributed by atoms with E-state index in [1.807, 2.05) is 0 Å². The number of sulfone groups is 1. The molecule has 0 spiro atoms. The molecule has 0 unspecified atom stereocenters. The van der Waals surface area contributed by atoms with Crippen LogP contribution in [0.4, 0.5) is 6.01 Å². The van der Waals surface area contributed by atoms with Gasteiger partial charge in [-0.3, -0.25) is 10.1 Å². The van der Waals surface area contributed by atoms with Crippen LogP contribution in [0.2, 0.25) is 0 Å². The number of amides is 1. The van der Waals surface area contributed by atoms with E-state index in [9.17, 15) is 13.2 Å². The predicted molar refractivity (Wildman–Crippen MR) is 97.4 cm³/mol. The zero-order chi connectivity index (χ0) is 19.3. The summed E-state index contributed by atoms with van der Waals surface area (Å²) in [5.74, 6) is 0.154. The van der Waals surface area contributed by atoms with Crippen molar-refractivity contribution in [2.24, 2.45) is 0 Å². The molecule has 0 fully saturated rings. The van der Waals surface area contributed by atoms with Crippen molar-refractivity contribution in [3.63, 3.8) is 0 Å². The van der Waals surface area contributed by atoms with Gasteiger partial charge in [-0.25, -0.2) is 8.42 Å². The van der Waals surface area contributed by atoms with Crippen molar-refractivity contribution < 1.29 is 22.4 Å². The number of carbonyl (C=O) groups is 1. The summed E-state index contributed by atoms with van der Waals surface area (Å²) in [5, 5.41) is 9.97. The van der Waals surface area contributed by atoms with Crippen LogP contribution in [0.15, 0.2) is 63.9 Å². The number of methoxy groups -OCH3 is 1. The van der Waals surface area contributed by atoms with Crippen LogP contribution < -0.4 is 10.1 Å². The number of carbonyl (C=O) groups excluding carboxylic acids is 1. The van der Waals surface area contributed by atoms with Gasteiger partial charge in [0.15, 0.2) is 9.84 Å². The zero-order valence-electron chi connectivity index (χ0n) is 14.5. The summed E-state index contributed by atoms with van der Waals surface area (Å²) < 4.78 is 34.9. The normalized spacial score (nSPS) is 11.1. The molecular formula is C18H17N3O5S. The molecular weight excluding hydrogens is 370 g/mol. The summed E-state index contributed by atoms with van der Waals surface area (Å²) in [4.78, 5) is 12.4. The first-order valence-electron chi connectivity index (χ1n) is 8.03. The molecule has 1 N–H and O–H groups in total. The molecule has 0 saturated heterocycles. The molecule has 0 radical (unpaired) electrons.